The lowest BCUT2D eigenvalue weighted by Crippen LogP contribution is -2.40. The third kappa shape index (κ3) is 4.80. The van der Waals surface area contributed by atoms with Gasteiger partial charge in [0.15, 0.2) is 13.9 Å². The first-order valence-corrected chi connectivity index (χ1v) is 13.3. The van der Waals surface area contributed by atoms with Crippen molar-refractivity contribution in [1.82, 2.24) is 0 Å². The van der Waals surface area contributed by atoms with E-state index in [4.69, 9.17) is 16.0 Å². The second-order valence-corrected chi connectivity index (χ2v) is 12.6. The number of rotatable bonds is 5. The Morgan fingerprint density at radius 2 is 1.43 bits per heavy atom. The first-order valence-electron chi connectivity index (χ1n) is 9.50. The van der Waals surface area contributed by atoms with E-state index in [1.54, 1.807) is 12.1 Å². The summed E-state index contributed by atoms with van der Waals surface area (Å²) in [5.41, 5.74) is 0.694. The SMILES string of the molecule is C[Si](C)(C)OC(C#Cc1c(Cl)cccc1[N+](=O)[O-])(c1ccccc1)c1ccccc1. The molecular formula is C24H22ClNO3Si. The molecule has 0 heterocycles. The lowest BCUT2D eigenvalue weighted by molar-refractivity contribution is -0.385. The van der Waals surface area contributed by atoms with Crippen LogP contribution in [0.25, 0.3) is 0 Å². The van der Waals surface area contributed by atoms with Gasteiger partial charge in [-0.05, 0) is 36.8 Å². The van der Waals surface area contributed by atoms with E-state index < -0.39 is 18.8 Å². The largest absolute Gasteiger partial charge is 0.395 e. The Kier molecular flexibility index (Phi) is 6.42. The molecule has 3 rings (SSSR count). The Labute approximate surface area is 182 Å². The van der Waals surface area contributed by atoms with Crippen LogP contribution >= 0.6 is 11.6 Å². The van der Waals surface area contributed by atoms with Gasteiger partial charge in [-0.15, -0.1) is 0 Å². The van der Waals surface area contributed by atoms with E-state index in [1.807, 2.05) is 60.7 Å². The van der Waals surface area contributed by atoms with Crippen LogP contribution in [0.1, 0.15) is 16.7 Å². The Morgan fingerprint density at radius 1 is 0.900 bits per heavy atom. The maximum atomic E-state index is 11.5. The van der Waals surface area contributed by atoms with E-state index in [0.29, 0.717) is 0 Å². The number of nitrogens with zero attached hydrogens (tertiary/aromatic N) is 1. The lowest BCUT2D eigenvalue weighted by atomic mass is 9.86. The van der Waals surface area contributed by atoms with Gasteiger partial charge in [0, 0.05) is 6.07 Å². The van der Waals surface area contributed by atoms with Crippen LogP contribution in [-0.4, -0.2) is 13.2 Å². The molecule has 3 aromatic carbocycles. The van der Waals surface area contributed by atoms with Gasteiger partial charge >= 0.3 is 0 Å². The van der Waals surface area contributed by atoms with E-state index in [9.17, 15) is 10.1 Å². The summed E-state index contributed by atoms with van der Waals surface area (Å²) in [6.07, 6.45) is 0. The minimum Gasteiger partial charge on any atom is -0.395 e. The van der Waals surface area contributed by atoms with Gasteiger partial charge in [-0.3, -0.25) is 10.1 Å². The van der Waals surface area contributed by atoms with Crippen molar-refractivity contribution in [2.45, 2.75) is 25.2 Å². The Morgan fingerprint density at radius 3 is 1.90 bits per heavy atom. The van der Waals surface area contributed by atoms with Gasteiger partial charge in [-0.1, -0.05) is 90.2 Å². The fraction of sp³-hybridized carbons (Fsp3) is 0.167. The van der Waals surface area contributed by atoms with E-state index in [1.165, 1.54) is 6.07 Å². The molecule has 0 N–H and O–H groups in total. The van der Waals surface area contributed by atoms with Crippen LogP contribution in [-0.2, 0) is 10.0 Å². The molecule has 0 aromatic heterocycles. The standard InChI is InChI=1S/C24H22ClNO3Si/c1-30(2,3)29-24(19-11-6-4-7-12-19,20-13-8-5-9-14-20)18-17-21-22(25)15-10-16-23(21)26(27)28/h4-16H,1-3H3. The number of hydrogen-bond acceptors (Lipinski definition) is 3. The number of halogens is 1. The zero-order chi connectivity index (χ0) is 21.8. The van der Waals surface area contributed by atoms with Crippen molar-refractivity contribution >= 4 is 25.6 Å². The number of nitro benzene ring substituents is 1. The summed E-state index contributed by atoms with van der Waals surface area (Å²) in [5.74, 6) is 6.25. The summed E-state index contributed by atoms with van der Waals surface area (Å²) in [7, 11) is -2.11. The summed E-state index contributed by atoms with van der Waals surface area (Å²) in [4.78, 5) is 11.1. The first-order chi connectivity index (χ1) is 14.2. The molecule has 0 fully saturated rings. The molecule has 152 valence electrons. The van der Waals surface area contributed by atoms with Gasteiger partial charge in [-0.2, -0.15) is 0 Å². The Bertz CT molecular complexity index is 1060. The Hall–Kier alpha value is -2.91. The van der Waals surface area contributed by atoms with Crippen LogP contribution in [0.4, 0.5) is 5.69 Å². The van der Waals surface area contributed by atoms with Gasteiger partial charge in [0.2, 0.25) is 0 Å². The highest BCUT2D eigenvalue weighted by Gasteiger charge is 2.38. The maximum absolute atomic E-state index is 11.5. The fourth-order valence-electron chi connectivity index (χ4n) is 3.20. The van der Waals surface area contributed by atoms with Gasteiger partial charge < -0.3 is 4.43 Å². The quantitative estimate of drug-likeness (QED) is 0.202. The molecule has 4 nitrogen and oxygen atoms in total. The topological polar surface area (TPSA) is 52.4 Å². The molecule has 0 amide bonds. The summed E-state index contributed by atoms with van der Waals surface area (Å²) < 4.78 is 6.71. The van der Waals surface area contributed by atoms with Crippen molar-refractivity contribution in [3.8, 4) is 11.8 Å². The monoisotopic (exact) mass is 435 g/mol. The van der Waals surface area contributed by atoms with E-state index in [-0.39, 0.29) is 16.3 Å². The van der Waals surface area contributed by atoms with Crippen molar-refractivity contribution in [3.05, 3.63) is 111 Å². The second-order valence-electron chi connectivity index (χ2n) is 7.77. The average molecular weight is 436 g/mol. The van der Waals surface area contributed by atoms with E-state index in [0.717, 1.165) is 11.1 Å². The van der Waals surface area contributed by atoms with E-state index >= 15 is 0 Å². The Balaban J connectivity index is 2.32. The molecule has 0 aliphatic heterocycles. The molecule has 0 radical (unpaired) electrons. The molecule has 0 aliphatic carbocycles. The molecule has 0 bridgehead atoms. The molecule has 6 heteroatoms. The van der Waals surface area contributed by atoms with Crippen LogP contribution in [0.3, 0.4) is 0 Å². The summed E-state index contributed by atoms with van der Waals surface area (Å²) in [6.45, 7) is 6.27. The molecule has 0 aliphatic rings. The fourth-order valence-corrected chi connectivity index (χ4v) is 4.62. The smallest absolute Gasteiger partial charge is 0.286 e. The normalized spacial score (nSPS) is 11.5. The summed E-state index contributed by atoms with van der Waals surface area (Å²) in [5, 5.41) is 11.8. The van der Waals surface area contributed by atoms with Crippen LogP contribution < -0.4 is 0 Å². The highest BCUT2D eigenvalue weighted by Crippen LogP contribution is 2.37. The van der Waals surface area contributed by atoms with Gasteiger partial charge in [0.25, 0.3) is 5.69 Å². The van der Waals surface area contributed by atoms with Gasteiger partial charge in [-0.25, -0.2) is 0 Å². The predicted octanol–water partition coefficient (Wildman–Crippen LogP) is 6.40. The second kappa shape index (κ2) is 8.84. The van der Waals surface area contributed by atoms with Crippen LogP contribution in [0, 0.1) is 22.0 Å². The third-order valence-corrected chi connectivity index (χ3v) is 5.61. The average Bonchev–Trinajstić information content (AvgIpc) is 2.72. The van der Waals surface area contributed by atoms with Crippen molar-refractivity contribution in [2.75, 3.05) is 0 Å². The number of benzene rings is 3. The number of nitro groups is 1. The van der Waals surface area contributed by atoms with Crippen molar-refractivity contribution < 1.29 is 9.35 Å². The lowest BCUT2D eigenvalue weighted by Gasteiger charge is -2.36. The van der Waals surface area contributed by atoms with Crippen molar-refractivity contribution in [3.63, 3.8) is 0 Å². The highest BCUT2D eigenvalue weighted by atomic mass is 35.5. The first kappa shape index (κ1) is 21.8. The molecule has 0 saturated heterocycles. The maximum Gasteiger partial charge on any atom is 0.286 e. The summed E-state index contributed by atoms with van der Waals surface area (Å²) in [6, 6.07) is 24.0. The van der Waals surface area contributed by atoms with Gasteiger partial charge in [0.05, 0.1) is 9.95 Å². The van der Waals surface area contributed by atoms with Gasteiger partial charge in [0.1, 0.15) is 5.56 Å². The van der Waals surface area contributed by atoms with Crippen LogP contribution in [0.15, 0.2) is 78.9 Å². The van der Waals surface area contributed by atoms with Crippen LogP contribution in [0.5, 0.6) is 0 Å². The number of hydrogen-bond donors (Lipinski definition) is 0. The molecule has 3 aromatic rings. The zero-order valence-corrected chi connectivity index (χ0v) is 18.8. The highest BCUT2D eigenvalue weighted by molar-refractivity contribution is 6.69. The third-order valence-electron chi connectivity index (χ3n) is 4.37. The molecule has 0 saturated carbocycles. The molecule has 30 heavy (non-hydrogen) atoms. The minimum absolute atomic E-state index is 0.127. The van der Waals surface area contributed by atoms with Crippen molar-refractivity contribution in [1.29, 1.82) is 0 Å². The minimum atomic E-state index is -2.11. The predicted molar refractivity (Wildman–Crippen MR) is 123 cm³/mol. The van der Waals surface area contributed by atoms with Crippen molar-refractivity contribution in [2.24, 2.45) is 0 Å². The zero-order valence-electron chi connectivity index (χ0n) is 17.1. The van der Waals surface area contributed by atoms with E-state index in [2.05, 4.69) is 31.5 Å². The molecule has 0 spiro atoms. The molecular weight excluding hydrogens is 414 g/mol. The van der Waals surface area contributed by atoms with Crippen LogP contribution in [0.2, 0.25) is 24.7 Å². The molecule has 0 atom stereocenters. The molecule has 0 unspecified atom stereocenters. The summed E-state index contributed by atoms with van der Waals surface area (Å²) >= 11 is 6.29.